The van der Waals surface area contributed by atoms with Gasteiger partial charge in [0.05, 0.1) is 12.3 Å². The molecule has 0 bridgehead atoms. The minimum absolute atomic E-state index is 0.109. The molecule has 3 nitrogen and oxygen atoms in total. The molecule has 1 rings (SSSR count). The highest BCUT2D eigenvalue weighted by Crippen LogP contribution is 2.11. The number of aliphatic hydroxyl groups is 1. The van der Waals surface area contributed by atoms with E-state index in [1.165, 1.54) is 0 Å². The number of rotatable bonds is 3. The summed E-state index contributed by atoms with van der Waals surface area (Å²) in [6.07, 6.45) is 4.87. The molecule has 1 heterocycles. The van der Waals surface area contributed by atoms with E-state index in [9.17, 15) is 0 Å². The fraction of sp³-hybridized carbons (Fsp3) is 0.500. The lowest BCUT2D eigenvalue weighted by molar-refractivity contribution is 0.332. The van der Waals surface area contributed by atoms with Gasteiger partial charge in [-0.25, -0.2) is 0 Å². The minimum Gasteiger partial charge on any atom is -0.392 e. The van der Waals surface area contributed by atoms with Gasteiger partial charge in [0.1, 0.15) is 0 Å². The van der Waals surface area contributed by atoms with Crippen LogP contribution in [0.15, 0.2) is 11.8 Å². The lowest BCUT2D eigenvalue weighted by Gasteiger charge is -1.94. The lowest BCUT2D eigenvalue weighted by Crippen LogP contribution is -1.89. The van der Waals surface area contributed by atoms with Crippen molar-refractivity contribution in [2.75, 3.05) is 6.61 Å². The summed E-state index contributed by atoms with van der Waals surface area (Å²) in [4.78, 5) is 0. The van der Waals surface area contributed by atoms with E-state index in [0.717, 1.165) is 23.3 Å². The van der Waals surface area contributed by atoms with Crippen LogP contribution in [0.4, 0.5) is 0 Å². The van der Waals surface area contributed by atoms with Gasteiger partial charge in [0.25, 0.3) is 0 Å². The Morgan fingerprint density at radius 1 is 1.69 bits per heavy atom. The van der Waals surface area contributed by atoms with Gasteiger partial charge >= 0.3 is 0 Å². The van der Waals surface area contributed by atoms with Crippen LogP contribution in [0.3, 0.4) is 0 Å². The molecule has 0 saturated heterocycles. The van der Waals surface area contributed by atoms with Crippen LogP contribution in [0.1, 0.15) is 25.1 Å². The van der Waals surface area contributed by atoms with Crippen molar-refractivity contribution in [3.8, 4) is 0 Å². The summed E-state index contributed by atoms with van der Waals surface area (Å²) < 4.78 is 1.80. The van der Waals surface area contributed by atoms with Crippen LogP contribution in [0.25, 0.3) is 6.08 Å². The van der Waals surface area contributed by atoms with Crippen LogP contribution in [0.5, 0.6) is 0 Å². The molecule has 1 aromatic heterocycles. The minimum atomic E-state index is 0.109. The van der Waals surface area contributed by atoms with Gasteiger partial charge in [-0.3, -0.25) is 4.68 Å². The molecule has 0 atom stereocenters. The van der Waals surface area contributed by atoms with Gasteiger partial charge in [0, 0.05) is 18.8 Å². The highest BCUT2D eigenvalue weighted by Gasteiger charge is 2.02. The Bertz CT molecular complexity index is 313. The maximum absolute atomic E-state index is 8.87. The SMILES string of the molecule is CCc1nn(C)cc1/C=C(/C)CO. The first-order valence-electron chi connectivity index (χ1n) is 4.48. The van der Waals surface area contributed by atoms with Crippen molar-refractivity contribution in [3.05, 3.63) is 23.0 Å². The monoisotopic (exact) mass is 180 g/mol. The van der Waals surface area contributed by atoms with Gasteiger partial charge < -0.3 is 5.11 Å². The van der Waals surface area contributed by atoms with E-state index in [4.69, 9.17) is 5.11 Å². The maximum Gasteiger partial charge on any atom is 0.0694 e. The molecular formula is C10H16N2O. The molecule has 0 aliphatic heterocycles. The molecule has 13 heavy (non-hydrogen) atoms. The van der Waals surface area contributed by atoms with E-state index in [1.807, 2.05) is 26.2 Å². The van der Waals surface area contributed by atoms with Gasteiger partial charge in [-0.1, -0.05) is 13.0 Å². The summed E-state index contributed by atoms with van der Waals surface area (Å²) in [7, 11) is 1.91. The Balaban J connectivity index is 2.99. The van der Waals surface area contributed by atoms with Gasteiger partial charge in [0.2, 0.25) is 0 Å². The average Bonchev–Trinajstić information content (AvgIpc) is 2.46. The Morgan fingerprint density at radius 3 is 2.92 bits per heavy atom. The lowest BCUT2D eigenvalue weighted by atomic mass is 10.1. The molecule has 0 aliphatic carbocycles. The van der Waals surface area contributed by atoms with Crippen molar-refractivity contribution in [1.29, 1.82) is 0 Å². The Hall–Kier alpha value is -1.09. The van der Waals surface area contributed by atoms with Crippen molar-refractivity contribution >= 4 is 6.08 Å². The number of hydrogen-bond donors (Lipinski definition) is 1. The third kappa shape index (κ3) is 2.42. The van der Waals surface area contributed by atoms with Crippen LogP contribution in [-0.4, -0.2) is 21.5 Å². The van der Waals surface area contributed by atoms with Gasteiger partial charge in [-0.15, -0.1) is 0 Å². The maximum atomic E-state index is 8.87. The third-order valence-corrected chi connectivity index (χ3v) is 1.92. The smallest absolute Gasteiger partial charge is 0.0694 e. The molecule has 0 saturated carbocycles. The number of aliphatic hydroxyl groups excluding tert-OH is 1. The quantitative estimate of drug-likeness (QED) is 0.763. The van der Waals surface area contributed by atoms with Crippen molar-refractivity contribution in [3.63, 3.8) is 0 Å². The Kier molecular flexibility index (Phi) is 3.25. The van der Waals surface area contributed by atoms with Crippen LogP contribution >= 0.6 is 0 Å². The largest absolute Gasteiger partial charge is 0.392 e. The second-order valence-corrected chi connectivity index (χ2v) is 3.21. The number of hydrogen-bond acceptors (Lipinski definition) is 2. The molecule has 0 radical (unpaired) electrons. The highest BCUT2D eigenvalue weighted by atomic mass is 16.3. The predicted octanol–water partition coefficient (Wildman–Crippen LogP) is 1.38. The van der Waals surface area contributed by atoms with E-state index in [-0.39, 0.29) is 6.61 Å². The Labute approximate surface area is 78.7 Å². The summed E-state index contributed by atoms with van der Waals surface area (Å²) in [5.41, 5.74) is 3.15. The first kappa shape index (κ1) is 9.99. The van der Waals surface area contributed by atoms with E-state index in [2.05, 4.69) is 12.0 Å². The van der Waals surface area contributed by atoms with E-state index in [1.54, 1.807) is 4.68 Å². The molecule has 72 valence electrons. The van der Waals surface area contributed by atoms with Gasteiger partial charge in [0.15, 0.2) is 0 Å². The molecular weight excluding hydrogens is 164 g/mol. The summed E-state index contributed by atoms with van der Waals surface area (Å²) in [5.74, 6) is 0. The predicted molar refractivity (Wildman–Crippen MR) is 53.3 cm³/mol. The molecule has 0 amide bonds. The van der Waals surface area contributed by atoms with Crippen LogP contribution in [0.2, 0.25) is 0 Å². The molecule has 3 heteroatoms. The molecule has 1 N–H and O–H groups in total. The van der Waals surface area contributed by atoms with Gasteiger partial charge in [-0.2, -0.15) is 5.10 Å². The van der Waals surface area contributed by atoms with Crippen molar-refractivity contribution < 1.29 is 5.11 Å². The van der Waals surface area contributed by atoms with Crippen molar-refractivity contribution in [2.45, 2.75) is 20.3 Å². The molecule has 0 spiro atoms. The summed E-state index contributed by atoms with van der Waals surface area (Å²) in [6, 6.07) is 0. The number of nitrogens with zero attached hydrogens (tertiary/aromatic N) is 2. The summed E-state index contributed by atoms with van der Waals surface area (Å²) in [6.45, 7) is 4.10. The summed E-state index contributed by atoms with van der Waals surface area (Å²) in [5, 5.41) is 13.2. The third-order valence-electron chi connectivity index (χ3n) is 1.92. The first-order chi connectivity index (χ1) is 6.17. The average molecular weight is 180 g/mol. The zero-order valence-corrected chi connectivity index (χ0v) is 8.41. The summed E-state index contributed by atoms with van der Waals surface area (Å²) >= 11 is 0. The fourth-order valence-electron chi connectivity index (χ4n) is 1.26. The Morgan fingerprint density at radius 2 is 2.38 bits per heavy atom. The first-order valence-corrected chi connectivity index (χ1v) is 4.48. The van der Waals surface area contributed by atoms with E-state index >= 15 is 0 Å². The second-order valence-electron chi connectivity index (χ2n) is 3.21. The van der Waals surface area contributed by atoms with Gasteiger partial charge in [-0.05, 0) is 18.9 Å². The zero-order chi connectivity index (χ0) is 9.84. The van der Waals surface area contributed by atoms with Crippen LogP contribution in [-0.2, 0) is 13.5 Å². The molecule has 1 aromatic rings. The van der Waals surface area contributed by atoms with Crippen molar-refractivity contribution in [1.82, 2.24) is 9.78 Å². The number of aryl methyl sites for hydroxylation is 2. The molecule has 0 aromatic carbocycles. The van der Waals surface area contributed by atoms with Crippen LogP contribution < -0.4 is 0 Å². The number of aromatic nitrogens is 2. The molecule has 0 aliphatic rings. The van der Waals surface area contributed by atoms with E-state index < -0.39 is 0 Å². The molecule has 0 fully saturated rings. The van der Waals surface area contributed by atoms with Crippen LogP contribution in [0, 0.1) is 0 Å². The zero-order valence-electron chi connectivity index (χ0n) is 8.41. The standard InChI is InChI=1S/C10H16N2O/c1-4-10-9(5-8(2)7-13)6-12(3)11-10/h5-6,13H,4,7H2,1-3H3/b8-5-. The fourth-order valence-corrected chi connectivity index (χ4v) is 1.26. The van der Waals surface area contributed by atoms with Crippen molar-refractivity contribution in [2.24, 2.45) is 7.05 Å². The topological polar surface area (TPSA) is 38.0 Å². The normalized spacial score (nSPS) is 12.2. The van der Waals surface area contributed by atoms with E-state index in [0.29, 0.717) is 0 Å². The molecule has 0 unspecified atom stereocenters. The highest BCUT2D eigenvalue weighted by molar-refractivity contribution is 5.54. The second kappa shape index (κ2) is 4.23.